The Morgan fingerprint density at radius 3 is 1.96 bits per heavy atom. The van der Waals surface area contributed by atoms with Gasteiger partial charge in [0, 0.05) is 37.1 Å². The minimum absolute atomic E-state index is 0.0755. The number of hydrogen-bond acceptors (Lipinski definition) is 18. The number of Topliss-reactive ketones (excluding diaryl/α,β-unsaturated/α-hetero) is 1. The van der Waals surface area contributed by atoms with Crippen LogP contribution in [0.4, 0.5) is 5.69 Å². The van der Waals surface area contributed by atoms with Crippen LogP contribution in [-0.4, -0.2) is 164 Å². The zero-order valence-electron chi connectivity index (χ0n) is 29.7. The van der Waals surface area contributed by atoms with Crippen LogP contribution in [0.25, 0.3) is 11.0 Å². The van der Waals surface area contributed by atoms with E-state index in [-0.39, 0.29) is 11.3 Å². The zero-order chi connectivity index (χ0) is 39.8. The first-order valence-corrected chi connectivity index (χ1v) is 17.1. The Morgan fingerprint density at radius 2 is 1.37 bits per heavy atom. The van der Waals surface area contributed by atoms with Crippen LogP contribution in [0.15, 0.2) is 33.5 Å². The van der Waals surface area contributed by atoms with Crippen LogP contribution in [0, 0.1) is 12.8 Å². The molecule has 5 rings (SSSR count). The van der Waals surface area contributed by atoms with Gasteiger partial charge < -0.3 is 79.2 Å². The van der Waals surface area contributed by atoms with Crippen molar-refractivity contribution in [3.63, 3.8) is 0 Å². The summed E-state index contributed by atoms with van der Waals surface area (Å²) in [7, 11) is 0. The van der Waals surface area contributed by atoms with E-state index in [0.29, 0.717) is 10.9 Å². The Labute approximate surface area is 307 Å². The first kappa shape index (κ1) is 41.7. The Morgan fingerprint density at radius 1 is 0.778 bits per heavy atom. The number of carbonyl (C=O) groups excluding carboxylic acids is 3. The molecule has 0 bridgehead atoms. The molecular formula is C34H46N2O18. The van der Waals surface area contributed by atoms with Crippen molar-refractivity contribution in [3.05, 3.63) is 40.2 Å². The van der Waals surface area contributed by atoms with Gasteiger partial charge in [-0.1, -0.05) is 0 Å². The number of hydrogen-bond donors (Lipinski definition) is 9. The smallest absolute Gasteiger partial charge is 0.336 e. The van der Waals surface area contributed by atoms with Gasteiger partial charge in [0.1, 0.15) is 72.3 Å². The summed E-state index contributed by atoms with van der Waals surface area (Å²) in [6.07, 6.45) is -20.3. The van der Waals surface area contributed by atoms with Crippen molar-refractivity contribution < 1.29 is 83.3 Å². The number of amides is 2. The molecule has 3 saturated heterocycles. The lowest BCUT2D eigenvalue weighted by Crippen LogP contribution is -2.69. The third-order valence-electron chi connectivity index (χ3n) is 9.85. The van der Waals surface area contributed by atoms with E-state index in [0.717, 1.165) is 25.7 Å². The van der Waals surface area contributed by atoms with Crippen LogP contribution in [0.1, 0.15) is 26.3 Å². The lowest BCUT2D eigenvalue weighted by molar-refractivity contribution is -0.355. The molecule has 3 aliphatic rings. The molecule has 0 unspecified atom stereocenters. The number of aliphatic hydroxyl groups excluding tert-OH is 8. The standard InChI is InChI=1S/C34H46N2O18/c1-12-7-22(43)49-18-8-16(5-6-17(12)18)36(15(4)42)25-29(47)31(20(10-38)50-32(25)48)53-33-23(13(2)40)27(45)30(21(11-39)52-33)54-34-24(35-14(3)41)28(46)26(44)19(9-37)51-34/h5-8,19-21,23-34,37-39,44-48H,9-11H2,1-4H3,(H,35,41)/t19-,20-,21-,23-,24-,25-,26-,27-,28-,29-,30-,31-,32-,33+,34+/m1/s1. The van der Waals surface area contributed by atoms with Crippen molar-refractivity contribution in [1.82, 2.24) is 5.32 Å². The van der Waals surface area contributed by atoms with E-state index in [1.165, 1.54) is 18.2 Å². The molecule has 20 nitrogen and oxygen atoms in total. The predicted octanol–water partition coefficient (Wildman–Crippen LogP) is -4.11. The number of aliphatic hydroxyl groups is 8. The Kier molecular flexibility index (Phi) is 13.2. The molecule has 15 atom stereocenters. The van der Waals surface area contributed by atoms with E-state index in [1.54, 1.807) is 13.0 Å². The molecule has 1 aromatic heterocycles. The van der Waals surface area contributed by atoms with Gasteiger partial charge >= 0.3 is 5.63 Å². The van der Waals surface area contributed by atoms with Crippen LogP contribution >= 0.6 is 0 Å². The fraction of sp³-hybridized carbons (Fsp3) is 0.647. The number of ether oxygens (including phenoxy) is 5. The third-order valence-corrected chi connectivity index (χ3v) is 9.85. The number of nitrogens with zero attached hydrogens (tertiary/aromatic N) is 1. The Balaban J connectivity index is 1.44. The van der Waals surface area contributed by atoms with Crippen LogP contribution in [0.2, 0.25) is 0 Å². The third kappa shape index (κ3) is 8.21. The van der Waals surface area contributed by atoms with Gasteiger partial charge in [-0.25, -0.2) is 4.79 Å². The van der Waals surface area contributed by atoms with Crippen molar-refractivity contribution in [2.75, 3.05) is 24.7 Å². The van der Waals surface area contributed by atoms with Gasteiger partial charge in [0.15, 0.2) is 18.9 Å². The normalized spacial score (nSPS) is 37.1. The molecule has 300 valence electrons. The van der Waals surface area contributed by atoms with Gasteiger partial charge in [-0.2, -0.15) is 0 Å². The fourth-order valence-electron chi connectivity index (χ4n) is 7.22. The lowest BCUT2D eigenvalue weighted by Gasteiger charge is -2.50. The molecule has 3 aliphatic heterocycles. The summed E-state index contributed by atoms with van der Waals surface area (Å²) in [6, 6.07) is 2.61. The largest absolute Gasteiger partial charge is 0.423 e. The number of fused-ring (bicyclic) bond motifs is 1. The maximum atomic E-state index is 13.1. The number of nitrogens with one attached hydrogen (secondary N) is 1. The van der Waals surface area contributed by atoms with Crippen molar-refractivity contribution in [2.24, 2.45) is 5.92 Å². The molecular weight excluding hydrogens is 724 g/mol. The van der Waals surface area contributed by atoms with Crippen molar-refractivity contribution in [1.29, 1.82) is 0 Å². The van der Waals surface area contributed by atoms with Crippen LogP contribution in [-0.2, 0) is 38.1 Å². The first-order valence-electron chi connectivity index (χ1n) is 17.1. The maximum absolute atomic E-state index is 13.1. The van der Waals surface area contributed by atoms with E-state index < -0.39 is 135 Å². The van der Waals surface area contributed by atoms with Gasteiger partial charge in [0.05, 0.1) is 31.8 Å². The van der Waals surface area contributed by atoms with Crippen molar-refractivity contribution in [2.45, 2.75) is 114 Å². The Hall–Kier alpha value is -3.48. The molecule has 20 heteroatoms. The highest BCUT2D eigenvalue weighted by atomic mass is 16.7. The van der Waals surface area contributed by atoms with Crippen molar-refractivity contribution in [3.8, 4) is 0 Å². The summed E-state index contributed by atoms with van der Waals surface area (Å²) in [4.78, 5) is 51.2. The summed E-state index contributed by atoms with van der Waals surface area (Å²) >= 11 is 0. The molecule has 0 radical (unpaired) electrons. The second-order valence-electron chi connectivity index (χ2n) is 13.5. The van der Waals surface area contributed by atoms with E-state index in [4.69, 9.17) is 28.1 Å². The van der Waals surface area contributed by atoms with Gasteiger partial charge in [0.2, 0.25) is 11.8 Å². The molecule has 54 heavy (non-hydrogen) atoms. The molecule has 1 aromatic carbocycles. The van der Waals surface area contributed by atoms with E-state index >= 15 is 0 Å². The molecule has 0 spiro atoms. The summed E-state index contributed by atoms with van der Waals surface area (Å²) in [5.74, 6) is -3.75. The summed E-state index contributed by atoms with van der Waals surface area (Å²) in [6.45, 7) is 2.48. The van der Waals surface area contributed by atoms with Gasteiger partial charge in [0.25, 0.3) is 0 Å². The highest BCUT2D eigenvalue weighted by molar-refractivity contribution is 5.95. The quantitative estimate of drug-likeness (QED) is 0.0981. The van der Waals surface area contributed by atoms with E-state index in [9.17, 15) is 60.0 Å². The maximum Gasteiger partial charge on any atom is 0.336 e. The van der Waals surface area contributed by atoms with Gasteiger partial charge in [-0.05, 0) is 31.5 Å². The van der Waals surface area contributed by atoms with E-state index in [2.05, 4.69) is 5.32 Å². The average Bonchev–Trinajstić information content (AvgIpc) is 3.10. The van der Waals surface area contributed by atoms with Crippen LogP contribution < -0.4 is 15.8 Å². The SMILES string of the molecule is CC(=O)N[C@H]1[C@H](O[C@H]2[C@H](O)[C@@H](C(C)=O)[C@H](O[C@H]3[C@H](O)[C@@H](N(C(C)=O)c4ccc5c(C)cc(=O)oc5c4)[C@H](O)O[C@@H]3CO)O[C@@H]2CO)O[C@H](CO)[C@@H](O)[C@@H]1O. The second kappa shape index (κ2) is 17.1. The average molecular weight is 771 g/mol. The molecule has 0 aliphatic carbocycles. The fourth-order valence-corrected chi connectivity index (χ4v) is 7.22. The number of benzene rings is 1. The van der Waals surface area contributed by atoms with Crippen molar-refractivity contribution >= 4 is 34.3 Å². The number of aryl methyl sites for hydroxylation is 1. The molecule has 3 fully saturated rings. The van der Waals surface area contributed by atoms with Crippen LogP contribution in [0.3, 0.4) is 0 Å². The molecule has 2 aromatic rings. The predicted molar refractivity (Wildman–Crippen MR) is 179 cm³/mol. The van der Waals surface area contributed by atoms with E-state index in [1.807, 2.05) is 0 Å². The lowest BCUT2D eigenvalue weighted by atomic mass is 9.87. The summed E-state index contributed by atoms with van der Waals surface area (Å²) < 4.78 is 34.3. The summed E-state index contributed by atoms with van der Waals surface area (Å²) in [5, 5.41) is 88.6. The minimum Gasteiger partial charge on any atom is -0.423 e. The summed E-state index contributed by atoms with van der Waals surface area (Å²) in [5.41, 5.74) is 0.118. The highest BCUT2D eigenvalue weighted by Crippen LogP contribution is 2.37. The van der Waals surface area contributed by atoms with Gasteiger partial charge in [-0.15, -0.1) is 0 Å². The molecule has 2 amide bonds. The molecule has 9 N–H and O–H groups in total. The van der Waals surface area contributed by atoms with Gasteiger partial charge in [-0.3, -0.25) is 14.4 Å². The second-order valence-corrected chi connectivity index (χ2v) is 13.5. The minimum atomic E-state index is -1.92. The number of anilines is 1. The monoisotopic (exact) mass is 770 g/mol. The number of carbonyl (C=O) groups is 3. The topological polar surface area (TPSA) is 305 Å². The molecule has 0 saturated carbocycles. The highest BCUT2D eigenvalue weighted by Gasteiger charge is 2.56. The Bertz CT molecular complexity index is 1720. The first-order chi connectivity index (χ1) is 25.5. The molecule has 4 heterocycles. The number of ketones is 1. The zero-order valence-corrected chi connectivity index (χ0v) is 29.7. The number of rotatable bonds is 11. The van der Waals surface area contributed by atoms with Crippen LogP contribution in [0.5, 0.6) is 0 Å².